The highest BCUT2D eigenvalue weighted by Crippen LogP contribution is 2.26. The smallest absolute Gasteiger partial charge is 0.331 e. The van der Waals surface area contributed by atoms with E-state index in [4.69, 9.17) is 13.9 Å². The Bertz CT molecular complexity index is 1340. The fourth-order valence-electron chi connectivity index (χ4n) is 3.77. The zero-order valence-corrected chi connectivity index (χ0v) is 25.1. The van der Waals surface area contributed by atoms with Crippen molar-refractivity contribution in [3.8, 4) is 22.7 Å². The first-order valence-electron chi connectivity index (χ1n) is 13.8. The van der Waals surface area contributed by atoms with Crippen molar-refractivity contribution in [3.05, 3.63) is 48.0 Å². The first-order valence-corrected chi connectivity index (χ1v) is 13.8. The first-order chi connectivity index (χ1) is 19.2. The highest BCUT2D eigenvalue weighted by Gasteiger charge is 2.29. The van der Waals surface area contributed by atoms with E-state index in [0.29, 0.717) is 11.3 Å². The molecular formula is C30H41N5O6. The number of aromatic amines is 1. The lowest BCUT2D eigenvalue weighted by molar-refractivity contribution is -0.160. The van der Waals surface area contributed by atoms with E-state index in [1.807, 2.05) is 58.9 Å². The normalized spacial score (nSPS) is 12.7. The molecule has 0 saturated heterocycles. The molecule has 0 saturated carbocycles. The van der Waals surface area contributed by atoms with Crippen LogP contribution in [0.5, 0.6) is 0 Å². The van der Waals surface area contributed by atoms with Crippen LogP contribution in [0.1, 0.15) is 89.3 Å². The van der Waals surface area contributed by atoms with E-state index >= 15 is 0 Å². The minimum absolute atomic E-state index is 0.0584. The van der Waals surface area contributed by atoms with Crippen LogP contribution in [0.25, 0.3) is 22.7 Å². The van der Waals surface area contributed by atoms with Gasteiger partial charge in [-0.1, -0.05) is 26.0 Å². The molecule has 3 N–H and O–H groups in total. The number of aromatic nitrogens is 3. The van der Waals surface area contributed by atoms with Crippen molar-refractivity contribution in [2.24, 2.45) is 0 Å². The lowest BCUT2D eigenvalue weighted by atomic mass is 10.1. The van der Waals surface area contributed by atoms with Gasteiger partial charge in [-0.15, -0.1) is 0 Å². The molecule has 2 aromatic heterocycles. The van der Waals surface area contributed by atoms with Crippen LogP contribution in [0.2, 0.25) is 0 Å². The van der Waals surface area contributed by atoms with Crippen LogP contribution < -0.4 is 10.6 Å². The van der Waals surface area contributed by atoms with Gasteiger partial charge >= 0.3 is 5.97 Å². The molecule has 0 aliphatic heterocycles. The summed E-state index contributed by atoms with van der Waals surface area (Å²) in [5, 5.41) is 12.6. The van der Waals surface area contributed by atoms with Crippen LogP contribution in [0, 0.1) is 0 Å². The van der Waals surface area contributed by atoms with E-state index < -0.39 is 29.1 Å². The zero-order chi connectivity index (χ0) is 30.4. The highest BCUT2D eigenvalue weighted by molar-refractivity contribution is 5.96. The summed E-state index contributed by atoms with van der Waals surface area (Å²) >= 11 is 0. The van der Waals surface area contributed by atoms with Crippen molar-refractivity contribution in [2.75, 3.05) is 6.61 Å². The Labute approximate surface area is 240 Å². The number of amides is 2. The average molecular weight is 568 g/mol. The van der Waals surface area contributed by atoms with E-state index in [9.17, 15) is 14.4 Å². The number of hydrogen-bond acceptors (Lipinski definition) is 8. The molecule has 1 unspecified atom stereocenters. The molecule has 0 aliphatic carbocycles. The van der Waals surface area contributed by atoms with Crippen molar-refractivity contribution in [1.29, 1.82) is 0 Å². The van der Waals surface area contributed by atoms with Gasteiger partial charge in [-0.3, -0.25) is 14.7 Å². The Morgan fingerprint density at radius 1 is 0.951 bits per heavy atom. The summed E-state index contributed by atoms with van der Waals surface area (Å²) in [6.07, 6.45) is 3.05. The summed E-state index contributed by atoms with van der Waals surface area (Å²) in [6.45, 7) is 14.8. The summed E-state index contributed by atoms with van der Waals surface area (Å²) in [5.74, 6) is -1.04. The Hall–Kier alpha value is -3.99. The topological polar surface area (TPSA) is 148 Å². The van der Waals surface area contributed by atoms with E-state index in [2.05, 4.69) is 25.8 Å². The largest absolute Gasteiger partial charge is 0.458 e. The third-order valence-electron chi connectivity index (χ3n) is 5.96. The Kier molecular flexibility index (Phi) is 10.1. The number of H-pyrrole nitrogens is 1. The number of esters is 1. The lowest BCUT2D eigenvalue weighted by Gasteiger charge is -2.27. The second kappa shape index (κ2) is 13.1. The van der Waals surface area contributed by atoms with Crippen molar-refractivity contribution in [1.82, 2.24) is 25.8 Å². The number of benzene rings is 1. The van der Waals surface area contributed by atoms with Gasteiger partial charge < -0.3 is 24.5 Å². The molecule has 11 nitrogen and oxygen atoms in total. The quantitative estimate of drug-likeness (QED) is 0.277. The summed E-state index contributed by atoms with van der Waals surface area (Å²) < 4.78 is 17.0. The zero-order valence-electron chi connectivity index (χ0n) is 25.1. The molecule has 41 heavy (non-hydrogen) atoms. The molecule has 0 spiro atoms. The fourth-order valence-corrected chi connectivity index (χ4v) is 3.77. The Balaban J connectivity index is 1.75. The molecule has 0 fully saturated rings. The van der Waals surface area contributed by atoms with Gasteiger partial charge in [0.25, 0.3) is 11.8 Å². The summed E-state index contributed by atoms with van der Waals surface area (Å²) in [6, 6.07) is 7.88. The van der Waals surface area contributed by atoms with Gasteiger partial charge in [0.05, 0.1) is 24.1 Å². The molecular weight excluding hydrogens is 526 g/mol. The maximum absolute atomic E-state index is 13.0. The molecule has 1 atom stereocenters. The number of nitrogens with zero attached hydrogens (tertiary/aromatic N) is 2. The molecule has 222 valence electrons. The van der Waals surface area contributed by atoms with Gasteiger partial charge in [-0.25, -0.2) is 9.78 Å². The molecule has 0 bridgehead atoms. The maximum atomic E-state index is 13.0. The first kappa shape index (κ1) is 31.5. The minimum atomic E-state index is -1.02. The van der Waals surface area contributed by atoms with Gasteiger partial charge in [0, 0.05) is 17.2 Å². The standard InChI is InChI=1S/C30H41N5O6/c1-9-20(10-2)32-26(37)24-16-31-27(40-24)19-13-11-12-18(14-19)21-15-22(35-34-21)25(36)33-23(17-39-29(3,4)5)28(38)41-30(6,7)8/h11-16,20,23H,9-10,17H2,1-8H3,(H,32,37)(H,33,36)(H,34,35). The molecule has 0 aliphatic rings. The van der Waals surface area contributed by atoms with E-state index in [-0.39, 0.29) is 35.9 Å². The maximum Gasteiger partial charge on any atom is 0.331 e. The third-order valence-corrected chi connectivity index (χ3v) is 5.96. The predicted molar refractivity (Wildman–Crippen MR) is 154 cm³/mol. The van der Waals surface area contributed by atoms with Crippen molar-refractivity contribution in [2.45, 2.75) is 91.5 Å². The van der Waals surface area contributed by atoms with Crippen LogP contribution in [0.3, 0.4) is 0 Å². The van der Waals surface area contributed by atoms with Crippen LogP contribution in [0.15, 0.2) is 40.9 Å². The lowest BCUT2D eigenvalue weighted by Crippen LogP contribution is -2.48. The Morgan fingerprint density at radius 2 is 1.63 bits per heavy atom. The second-order valence-electron chi connectivity index (χ2n) is 11.7. The van der Waals surface area contributed by atoms with Crippen LogP contribution in [0.4, 0.5) is 0 Å². The molecule has 3 rings (SSSR count). The Morgan fingerprint density at radius 3 is 2.27 bits per heavy atom. The predicted octanol–water partition coefficient (Wildman–Crippen LogP) is 4.91. The monoisotopic (exact) mass is 567 g/mol. The fraction of sp³-hybridized carbons (Fsp3) is 0.500. The molecule has 2 heterocycles. The highest BCUT2D eigenvalue weighted by atomic mass is 16.6. The molecule has 0 radical (unpaired) electrons. The van der Waals surface area contributed by atoms with Gasteiger partial charge in [0.2, 0.25) is 11.7 Å². The number of rotatable bonds is 11. The minimum Gasteiger partial charge on any atom is -0.458 e. The average Bonchev–Trinajstić information content (AvgIpc) is 3.59. The van der Waals surface area contributed by atoms with Crippen molar-refractivity contribution in [3.63, 3.8) is 0 Å². The number of carbonyl (C=O) groups excluding carboxylic acids is 3. The number of hydrogen-bond donors (Lipinski definition) is 3. The van der Waals surface area contributed by atoms with E-state index in [0.717, 1.165) is 18.4 Å². The number of nitrogens with one attached hydrogen (secondary N) is 3. The van der Waals surface area contributed by atoms with Gasteiger partial charge in [-0.05, 0) is 72.6 Å². The van der Waals surface area contributed by atoms with Crippen molar-refractivity contribution < 1.29 is 28.3 Å². The summed E-state index contributed by atoms with van der Waals surface area (Å²) in [4.78, 5) is 42.6. The SMILES string of the molecule is CCC(CC)NC(=O)c1cnc(-c2cccc(-c3cc(C(=O)NC(COC(C)(C)C)C(=O)OC(C)(C)C)n[nH]3)c2)o1. The van der Waals surface area contributed by atoms with Crippen molar-refractivity contribution >= 4 is 17.8 Å². The summed E-state index contributed by atoms with van der Waals surface area (Å²) in [7, 11) is 0. The van der Waals surface area contributed by atoms with Gasteiger partial charge in [0.15, 0.2) is 11.7 Å². The molecule has 3 aromatic rings. The number of ether oxygens (including phenoxy) is 2. The van der Waals surface area contributed by atoms with E-state index in [1.54, 1.807) is 26.8 Å². The van der Waals surface area contributed by atoms with Crippen LogP contribution >= 0.6 is 0 Å². The van der Waals surface area contributed by atoms with E-state index in [1.165, 1.54) is 6.20 Å². The number of carbonyl (C=O) groups is 3. The van der Waals surface area contributed by atoms with Gasteiger partial charge in [0.1, 0.15) is 5.60 Å². The molecule has 1 aromatic carbocycles. The molecule has 2 amide bonds. The van der Waals surface area contributed by atoms with Gasteiger partial charge in [-0.2, -0.15) is 5.10 Å². The molecule has 11 heteroatoms. The van der Waals surface area contributed by atoms with Crippen LogP contribution in [-0.2, 0) is 14.3 Å². The third kappa shape index (κ3) is 9.28. The number of oxazole rings is 1. The summed E-state index contributed by atoms with van der Waals surface area (Å²) in [5.41, 5.74) is 0.772. The second-order valence-corrected chi connectivity index (χ2v) is 11.7. The van der Waals surface area contributed by atoms with Crippen LogP contribution in [-0.4, -0.2) is 62.9 Å².